The van der Waals surface area contributed by atoms with E-state index in [-0.39, 0.29) is 31.2 Å². The summed E-state index contributed by atoms with van der Waals surface area (Å²) in [6, 6.07) is 15.4. The minimum Gasteiger partial charge on any atom is -0.469 e. The number of methoxy groups -OCH3 is 1. The number of esters is 1. The van der Waals surface area contributed by atoms with Gasteiger partial charge in [0.15, 0.2) is 0 Å². The van der Waals surface area contributed by atoms with Crippen LogP contribution in [0.1, 0.15) is 34.8 Å². The van der Waals surface area contributed by atoms with Crippen molar-refractivity contribution in [3.63, 3.8) is 0 Å². The summed E-state index contributed by atoms with van der Waals surface area (Å²) in [5.41, 5.74) is 1.13. The Morgan fingerprint density at radius 3 is 2.37 bits per heavy atom. The van der Waals surface area contributed by atoms with Gasteiger partial charge in [-0.1, -0.05) is 54.1 Å². The van der Waals surface area contributed by atoms with Gasteiger partial charge in [-0.05, 0) is 17.7 Å². The van der Waals surface area contributed by atoms with Crippen LogP contribution in [0.25, 0.3) is 0 Å². The number of nitrogens with one attached hydrogen (secondary N) is 2. The molecule has 0 bridgehead atoms. The van der Waals surface area contributed by atoms with Gasteiger partial charge in [0.1, 0.15) is 0 Å². The minimum atomic E-state index is -0.534. The summed E-state index contributed by atoms with van der Waals surface area (Å²) in [5, 5.41) is 5.85. The van der Waals surface area contributed by atoms with Gasteiger partial charge in [-0.25, -0.2) is 0 Å². The Kier molecular flexibility index (Phi) is 7.82. The maximum Gasteiger partial charge on any atom is 0.307 e. The Bertz CT molecular complexity index is 796. The van der Waals surface area contributed by atoms with E-state index < -0.39 is 12.0 Å². The van der Waals surface area contributed by atoms with Crippen molar-refractivity contribution in [2.45, 2.75) is 18.9 Å². The Hall–Kier alpha value is -2.86. The fourth-order valence-electron chi connectivity index (χ4n) is 2.48. The first-order chi connectivity index (χ1) is 13.0. The number of carbonyl (C=O) groups excluding carboxylic acids is 3. The largest absolute Gasteiger partial charge is 0.469 e. The molecule has 2 amide bonds. The first-order valence-electron chi connectivity index (χ1n) is 8.45. The molecular weight excluding hydrogens is 368 g/mol. The highest BCUT2D eigenvalue weighted by Gasteiger charge is 2.20. The molecule has 0 saturated carbocycles. The predicted octanol–water partition coefficient (Wildman–Crippen LogP) is 2.88. The molecule has 2 rings (SSSR count). The predicted molar refractivity (Wildman–Crippen MR) is 102 cm³/mol. The lowest BCUT2D eigenvalue weighted by Gasteiger charge is -2.19. The van der Waals surface area contributed by atoms with E-state index in [1.165, 1.54) is 7.11 Å². The van der Waals surface area contributed by atoms with Crippen LogP contribution in [0.3, 0.4) is 0 Å². The van der Waals surface area contributed by atoms with Gasteiger partial charge in [0, 0.05) is 6.54 Å². The summed E-state index contributed by atoms with van der Waals surface area (Å²) in [4.78, 5) is 36.0. The van der Waals surface area contributed by atoms with Crippen molar-refractivity contribution in [2.75, 3.05) is 13.7 Å². The second-order valence-corrected chi connectivity index (χ2v) is 6.20. The molecular formula is C20H21ClN2O4. The fourth-order valence-corrected chi connectivity index (χ4v) is 2.70. The molecule has 0 spiro atoms. The topological polar surface area (TPSA) is 84.5 Å². The van der Waals surface area contributed by atoms with E-state index in [2.05, 4.69) is 15.4 Å². The van der Waals surface area contributed by atoms with Gasteiger partial charge in [0.25, 0.3) is 5.91 Å². The first kappa shape index (κ1) is 20.5. The van der Waals surface area contributed by atoms with E-state index in [4.69, 9.17) is 11.6 Å². The van der Waals surface area contributed by atoms with Crippen LogP contribution in [0, 0.1) is 0 Å². The molecule has 7 heteroatoms. The van der Waals surface area contributed by atoms with Crippen LogP contribution in [0.15, 0.2) is 54.6 Å². The molecule has 0 aliphatic rings. The summed E-state index contributed by atoms with van der Waals surface area (Å²) >= 11 is 6.08. The summed E-state index contributed by atoms with van der Waals surface area (Å²) in [7, 11) is 1.29. The first-order valence-corrected chi connectivity index (χ1v) is 8.83. The number of rotatable bonds is 8. The maximum atomic E-state index is 12.6. The highest BCUT2D eigenvalue weighted by molar-refractivity contribution is 6.33. The van der Waals surface area contributed by atoms with Crippen molar-refractivity contribution in [1.29, 1.82) is 0 Å². The minimum absolute atomic E-state index is 0.0291. The Labute approximate surface area is 162 Å². The average Bonchev–Trinajstić information content (AvgIpc) is 2.68. The second-order valence-electron chi connectivity index (χ2n) is 5.80. The van der Waals surface area contributed by atoms with E-state index in [9.17, 15) is 14.4 Å². The molecule has 1 atom stereocenters. The van der Waals surface area contributed by atoms with Crippen molar-refractivity contribution in [1.82, 2.24) is 10.6 Å². The van der Waals surface area contributed by atoms with Crippen LogP contribution in [0.5, 0.6) is 0 Å². The van der Waals surface area contributed by atoms with Crippen molar-refractivity contribution < 1.29 is 19.1 Å². The van der Waals surface area contributed by atoms with E-state index in [1.807, 2.05) is 30.3 Å². The molecule has 0 aliphatic carbocycles. The summed E-state index contributed by atoms with van der Waals surface area (Å²) < 4.78 is 4.54. The summed E-state index contributed by atoms with van der Waals surface area (Å²) in [5.74, 6) is -1.05. The van der Waals surface area contributed by atoms with Crippen LogP contribution in [-0.2, 0) is 14.3 Å². The molecule has 0 heterocycles. The van der Waals surface area contributed by atoms with E-state index in [1.54, 1.807) is 24.3 Å². The molecule has 6 nitrogen and oxygen atoms in total. The zero-order chi connectivity index (χ0) is 19.6. The third-order valence-corrected chi connectivity index (χ3v) is 4.22. The molecule has 1 unspecified atom stereocenters. The average molecular weight is 389 g/mol. The zero-order valence-electron chi connectivity index (χ0n) is 14.9. The lowest BCUT2D eigenvalue weighted by atomic mass is 10.0. The van der Waals surface area contributed by atoms with Gasteiger partial charge in [-0.2, -0.15) is 0 Å². The highest BCUT2D eigenvalue weighted by Crippen LogP contribution is 2.20. The van der Waals surface area contributed by atoms with Gasteiger partial charge in [-0.15, -0.1) is 0 Å². The van der Waals surface area contributed by atoms with Crippen molar-refractivity contribution in [3.8, 4) is 0 Å². The Morgan fingerprint density at radius 2 is 1.70 bits per heavy atom. The molecule has 27 heavy (non-hydrogen) atoms. The molecule has 2 aromatic rings. The number of amides is 2. The lowest BCUT2D eigenvalue weighted by Crippen LogP contribution is -2.34. The smallest absolute Gasteiger partial charge is 0.307 e. The standard InChI is InChI=1S/C20H21ClN2O4/c1-27-19(25)11-12-22-18(24)13-17(14-7-3-2-4-8-14)23-20(26)15-9-5-6-10-16(15)21/h2-10,17H,11-13H2,1H3,(H,22,24)(H,23,26). The maximum absolute atomic E-state index is 12.6. The van der Waals surface area contributed by atoms with Crippen LogP contribution in [0.2, 0.25) is 5.02 Å². The van der Waals surface area contributed by atoms with Crippen molar-refractivity contribution in [3.05, 3.63) is 70.7 Å². The monoisotopic (exact) mass is 388 g/mol. The van der Waals surface area contributed by atoms with Crippen LogP contribution in [-0.4, -0.2) is 31.4 Å². The Morgan fingerprint density at radius 1 is 1.04 bits per heavy atom. The number of hydrogen-bond donors (Lipinski definition) is 2. The second kappa shape index (κ2) is 10.3. The van der Waals surface area contributed by atoms with E-state index in [0.717, 1.165) is 5.56 Å². The molecule has 0 saturated heterocycles. The fraction of sp³-hybridized carbons (Fsp3) is 0.250. The molecule has 0 radical (unpaired) electrons. The molecule has 142 valence electrons. The molecule has 0 aliphatic heterocycles. The summed E-state index contributed by atoms with van der Waals surface area (Å²) in [6.45, 7) is 0.172. The third-order valence-electron chi connectivity index (χ3n) is 3.89. The van der Waals surface area contributed by atoms with Gasteiger partial charge in [-0.3, -0.25) is 14.4 Å². The normalized spacial score (nSPS) is 11.3. The van der Waals surface area contributed by atoms with Crippen LogP contribution < -0.4 is 10.6 Å². The van der Waals surface area contributed by atoms with Gasteiger partial charge < -0.3 is 15.4 Å². The summed E-state index contributed by atoms with van der Waals surface area (Å²) in [6.07, 6.45) is 0.117. The molecule has 2 N–H and O–H groups in total. The van der Waals surface area contributed by atoms with Gasteiger partial charge >= 0.3 is 5.97 Å². The zero-order valence-corrected chi connectivity index (χ0v) is 15.7. The molecule has 2 aromatic carbocycles. The highest BCUT2D eigenvalue weighted by atomic mass is 35.5. The van der Waals surface area contributed by atoms with E-state index in [0.29, 0.717) is 10.6 Å². The number of benzene rings is 2. The van der Waals surface area contributed by atoms with Crippen LogP contribution >= 0.6 is 11.6 Å². The third kappa shape index (κ3) is 6.42. The number of ether oxygens (including phenoxy) is 1. The van der Waals surface area contributed by atoms with Crippen LogP contribution in [0.4, 0.5) is 0 Å². The number of hydrogen-bond acceptors (Lipinski definition) is 4. The Balaban J connectivity index is 2.06. The SMILES string of the molecule is COC(=O)CCNC(=O)CC(NC(=O)c1ccccc1Cl)c1ccccc1. The van der Waals surface area contributed by atoms with E-state index >= 15 is 0 Å². The number of halogens is 1. The van der Waals surface area contributed by atoms with Crippen molar-refractivity contribution in [2.24, 2.45) is 0 Å². The molecule has 0 fully saturated rings. The molecule has 0 aromatic heterocycles. The van der Waals surface area contributed by atoms with Gasteiger partial charge in [0.2, 0.25) is 5.91 Å². The lowest BCUT2D eigenvalue weighted by molar-refractivity contribution is -0.140. The number of carbonyl (C=O) groups is 3. The van der Waals surface area contributed by atoms with Gasteiger partial charge in [0.05, 0.1) is 36.6 Å². The quantitative estimate of drug-likeness (QED) is 0.681. The van der Waals surface area contributed by atoms with Crippen molar-refractivity contribution >= 4 is 29.4 Å².